The average Bonchev–Trinajstić information content (AvgIpc) is 2.81. The monoisotopic (exact) mass is 255 g/mol. The lowest BCUT2D eigenvalue weighted by Gasteiger charge is -2.33. The van der Waals surface area contributed by atoms with Crippen LogP contribution in [0.4, 0.5) is 0 Å². The summed E-state index contributed by atoms with van der Waals surface area (Å²) in [5.74, 6) is 0.695. The molecule has 0 bridgehead atoms. The van der Waals surface area contributed by atoms with Crippen molar-refractivity contribution in [2.75, 3.05) is 6.54 Å². The first kappa shape index (κ1) is 12.4. The van der Waals surface area contributed by atoms with Crippen LogP contribution in [-0.2, 0) is 13.5 Å². The second-order valence-corrected chi connectivity index (χ2v) is 5.39. The number of hydrogen-bond acceptors (Lipinski definition) is 2. The molecule has 2 aromatic rings. The number of hydrogen-bond donors (Lipinski definition) is 1. The van der Waals surface area contributed by atoms with Crippen LogP contribution in [0, 0.1) is 0 Å². The van der Waals surface area contributed by atoms with E-state index in [-0.39, 0.29) is 0 Å². The second kappa shape index (κ2) is 5.17. The van der Waals surface area contributed by atoms with Crippen molar-refractivity contribution in [2.45, 2.75) is 31.7 Å². The molecule has 0 saturated heterocycles. The SMILES string of the molecule is CCNC(CC1Cc2ccccc21)c1cnn(C)c1. The molecule has 0 radical (unpaired) electrons. The maximum absolute atomic E-state index is 4.29. The third-order valence-corrected chi connectivity index (χ3v) is 4.06. The van der Waals surface area contributed by atoms with Gasteiger partial charge in [-0.25, -0.2) is 0 Å². The van der Waals surface area contributed by atoms with Crippen LogP contribution < -0.4 is 5.32 Å². The third-order valence-electron chi connectivity index (χ3n) is 4.06. The molecule has 100 valence electrons. The number of nitrogens with zero attached hydrogens (tertiary/aromatic N) is 2. The fourth-order valence-electron chi connectivity index (χ4n) is 3.06. The molecule has 0 saturated carbocycles. The van der Waals surface area contributed by atoms with E-state index in [0.29, 0.717) is 12.0 Å². The van der Waals surface area contributed by atoms with Crippen molar-refractivity contribution in [1.82, 2.24) is 15.1 Å². The zero-order valence-electron chi connectivity index (χ0n) is 11.6. The number of aromatic nitrogens is 2. The van der Waals surface area contributed by atoms with Gasteiger partial charge in [0.2, 0.25) is 0 Å². The molecule has 19 heavy (non-hydrogen) atoms. The summed E-state index contributed by atoms with van der Waals surface area (Å²) in [5.41, 5.74) is 4.36. The molecule has 0 amide bonds. The molecule has 1 aromatic carbocycles. The van der Waals surface area contributed by atoms with Crippen molar-refractivity contribution in [3.8, 4) is 0 Å². The Hall–Kier alpha value is -1.61. The van der Waals surface area contributed by atoms with Crippen molar-refractivity contribution < 1.29 is 0 Å². The van der Waals surface area contributed by atoms with Crippen LogP contribution in [-0.4, -0.2) is 16.3 Å². The highest BCUT2D eigenvalue weighted by molar-refractivity contribution is 5.40. The molecule has 0 aliphatic heterocycles. The molecule has 3 nitrogen and oxygen atoms in total. The van der Waals surface area contributed by atoms with E-state index in [2.05, 4.69) is 47.8 Å². The summed E-state index contributed by atoms with van der Waals surface area (Å²) < 4.78 is 1.88. The molecule has 2 atom stereocenters. The van der Waals surface area contributed by atoms with Gasteiger partial charge in [0.25, 0.3) is 0 Å². The number of benzene rings is 1. The first-order chi connectivity index (χ1) is 9.28. The molecule has 0 spiro atoms. The van der Waals surface area contributed by atoms with E-state index >= 15 is 0 Å². The van der Waals surface area contributed by atoms with Gasteiger partial charge in [-0.1, -0.05) is 31.2 Å². The largest absolute Gasteiger partial charge is 0.310 e. The lowest BCUT2D eigenvalue weighted by molar-refractivity contribution is 0.435. The van der Waals surface area contributed by atoms with Crippen LogP contribution in [0.1, 0.15) is 42.0 Å². The van der Waals surface area contributed by atoms with Crippen molar-refractivity contribution in [1.29, 1.82) is 0 Å². The Kier molecular flexibility index (Phi) is 3.38. The summed E-state index contributed by atoms with van der Waals surface area (Å²) in [5, 5.41) is 7.88. The van der Waals surface area contributed by atoms with Gasteiger partial charge in [0.1, 0.15) is 0 Å². The Balaban J connectivity index is 1.73. The van der Waals surface area contributed by atoms with E-state index in [1.165, 1.54) is 23.1 Å². The maximum atomic E-state index is 4.29. The van der Waals surface area contributed by atoms with Crippen LogP contribution in [0.5, 0.6) is 0 Å². The van der Waals surface area contributed by atoms with E-state index in [1.54, 1.807) is 0 Å². The molecular formula is C16H21N3. The summed E-state index contributed by atoms with van der Waals surface area (Å²) in [7, 11) is 1.98. The summed E-state index contributed by atoms with van der Waals surface area (Å²) in [6.45, 7) is 3.16. The molecule has 1 N–H and O–H groups in total. The smallest absolute Gasteiger partial charge is 0.0537 e. The zero-order chi connectivity index (χ0) is 13.2. The zero-order valence-corrected chi connectivity index (χ0v) is 11.6. The highest BCUT2D eigenvalue weighted by atomic mass is 15.2. The highest BCUT2D eigenvalue weighted by Gasteiger charge is 2.28. The van der Waals surface area contributed by atoms with Gasteiger partial charge in [0, 0.05) is 24.8 Å². The lowest BCUT2D eigenvalue weighted by Crippen LogP contribution is -2.26. The quantitative estimate of drug-likeness (QED) is 0.890. The Bertz CT molecular complexity index is 559. The Labute approximate surface area is 114 Å². The fraction of sp³-hybridized carbons (Fsp3) is 0.438. The summed E-state index contributed by atoms with van der Waals surface area (Å²) in [6.07, 6.45) is 6.49. The van der Waals surface area contributed by atoms with E-state index in [1.807, 2.05) is 17.9 Å². The molecular weight excluding hydrogens is 234 g/mol. The number of nitrogens with one attached hydrogen (secondary N) is 1. The highest BCUT2D eigenvalue weighted by Crippen LogP contribution is 2.40. The van der Waals surface area contributed by atoms with E-state index < -0.39 is 0 Å². The molecule has 2 unspecified atom stereocenters. The number of aryl methyl sites for hydroxylation is 1. The van der Waals surface area contributed by atoms with Gasteiger partial charge in [0.15, 0.2) is 0 Å². The summed E-state index contributed by atoms with van der Waals surface area (Å²) >= 11 is 0. The second-order valence-electron chi connectivity index (χ2n) is 5.39. The van der Waals surface area contributed by atoms with Crippen LogP contribution >= 0.6 is 0 Å². The van der Waals surface area contributed by atoms with Crippen molar-refractivity contribution in [3.63, 3.8) is 0 Å². The van der Waals surface area contributed by atoms with E-state index in [4.69, 9.17) is 0 Å². The van der Waals surface area contributed by atoms with Crippen LogP contribution in [0.25, 0.3) is 0 Å². The predicted molar refractivity (Wildman–Crippen MR) is 77.1 cm³/mol. The molecule has 3 heteroatoms. The first-order valence-electron chi connectivity index (χ1n) is 7.07. The predicted octanol–water partition coefficient (Wildman–Crippen LogP) is 2.80. The van der Waals surface area contributed by atoms with Crippen LogP contribution in [0.15, 0.2) is 36.7 Å². The van der Waals surface area contributed by atoms with Crippen LogP contribution in [0.3, 0.4) is 0 Å². The molecule has 1 aliphatic carbocycles. The minimum absolute atomic E-state index is 0.414. The third kappa shape index (κ3) is 2.43. The van der Waals surface area contributed by atoms with Crippen molar-refractivity contribution >= 4 is 0 Å². The normalized spacial score (nSPS) is 18.7. The molecule has 1 heterocycles. The van der Waals surface area contributed by atoms with Gasteiger partial charge in [-0.2, -0.15) is 5.10 Å². The molecule has 1 aromatic heterocycles. The van der Waals surface area contributed by atoms with Gasteiger partial charge in [-0.15, -0.1) is 0 Å². The van der Waals surface area contributed by atoms with Gasteiger partial charge in [-0.05, 0) is 36.4 Å². The molecule has 0 fully saturated rings. The van der Waals surface area contributed by atoms with Crippen LogP contribution in [0.2, 0.25) is 0 Å². The number of fused-ring (bicyclic) bond motifs is 1. The average molecular weight is 255 g/mol. The van der Waals surface area contributed by atoms with Gasteiger partial charge in [-0.3, -0.25) is 4.68 Å². The van der Waals surface area contributed by atoms with Gasteiger partial charge < -0.3 is 5.32 Å². The fourth-order valence-corrected chi connectivity index (χ4v) is 3.06. The molecule has 1 aliphatic rings. The first-order valence-corrected chi connectivity index (χ1v) is 7.07. The summed E-state index contributed by atoms with van der Waals surface area (Å²) in [6, 6.07) is 9.22. The number of rotatable bonds is 5. The van der Waals surface area contributed by atoms with E-state index in [9.17, 15) is 0 Å². The van der Waals surface area contributed by atoms with E-state index in [0.717, 1.165) is 13.0 Å². The minimum atomic E-state index is 0.414. The van der Waals surface area contributed by atoms with Gasteiger partial charge >= 0.3 is 0 Å². The Morgan fingerprint density at radius 3 is 2.95 bits per heavy atom. The maximum Gasteiger partial charge on any atom is 0.0537 e. The van der Waals surface area contributed by atoms with Gasteiger partial charge in [0.05, 0.1) is 6.20 Å². The standard InChI is InChI=1S/C16H21N3/c1-3-17-16(14-10-18-19(2)11-14)9-13-8-12-6-4-5-7-15(12)13/h4-7,10-11,13,16-17H,3,8-9H2,1-2H3. The Morgan fingerprint density at radius 2 is 2.26 bits per heavy atom. The minimum Gasteiger partial charge on any atom is -0.310 e. The lowest BCUT2D eigenvalue weighted by atomic mass is 9.74. The van der Waals surface area contributed by atoms with Crippen molar-refractivity contribution in [2.24, 2.45) is 7.05 Å². The summed E-state index contributed by atoms with van der Waals surface area (Å²) in [4.78, 5) is 0. The molecule has 3 rings (SSSR count). The topological polar surface area (TPSA) is 29.9 Å². The Morgan fingerprint density at radius 1 is 1.42 bits per heavy atom. The van der Waals surface area contributed by atoms with Crippen molar-refractivity contribution in [3.05, 3.63) is 53.3 Å².